The summed E-state index contributed by atoms with van der Waals surface area (Å²) in [5.74, 6) is 0. The molecule has 0 saturated carbocycles. The molecule has 2 aromatic heterocycles. The maximum atomic E-state index is 9.42. The molecule has 0 aliphatic carbocycles. The molecule has 2 aromatic rings. The van der Waals surface area contributed by atoms with E-state index in [1.807, 2.05) is 18.4 Å². The molecule has 0 unspecified atom stereocenters. The summed E-state index contributed by atoms with van der Waals surface area (Å²) in [6.07, 6.45) is 1.45. The van der Waals surface area contributed by atoms with E-state index in [-0.39, 0.29) is 12.6 Å². The number of aliphatic hydroxyl groups excluding tert-OH is 1. The molecule has 0 bridgehead atoms. The topological polar surface area (TPSA) is 50.9 Å². The average Bonchev–Trinajstić information content (AvgIpc) is 2.52. The van der Waals surface area contributed by atoms with Gasteiger partial charge in [-0.1, -0.05) is 11.6 Å². The van der Waals surface area contributed by atoms with E-state index in [1.54, 1.807) is 0 Å². The first-order chi connectivity index (χ1) is 7.57. The van der Waals surface area contributed by atoms with Crippen LogP contribution < -0.4 is 0 Å². The summed E-state index contributed by atoms with van der Waals surface area (Å²) in [6.45, 7) is 4.07. The Morgan fingerprint density at radius 2 is 2.19 bits per heavy atom. The van der Waals surface area contributed by atoms with Gasteiger partial charge >= 0.3 is 0 Å². The Hall–Kier alpha value is -0.400. The number of aromatic nitrogens is 3. The molecule has 1 N–H and O–H groups in total. The van der Waals surface area contributed by atoms with Gasteiger partial charge in [0.1, 0.15) is 17.1 Å². The zero-order chi connectivity index (χ0) is 11.9. The zero-order valence-electron chi connectivity index (χ0n) is 8.91. The smallest absolute Gasteiger partial charge is 0.146 e. The van der Waals surface area contributed by atoms with Gasteiger partial charge in [0.05, 0.1) is 17.7 Å². The largest absolute Gasteiger partial charge is 0.390 e. The maximum absolute atomic E-state index is 9.42. The minimum atomic E-state index is -0.0247. The Balaban J connectivity index is 2.92. The number of rotatable bonds is 2. The molecule has 2 rings (SSSR count). The van der Waals surface area contributed by atoms with Crippen LogP contribution in [-0.2, 0) is 6.61 Å². The van der Waals surface area contributed by atoms with Crippen molar-refractivity contribution < 1.29 is 5.11 Å². The number of hydrogen-bond acceptors (Lipinski definition) is 3. The molecule has 0 atom stereocenters. The van der Waals surface area contributed by atoms with Crippen LogP contribution in [0.1, 0.15) is 25.6 Å². The van der Waals surface area contributed by atoms with E-state index >= 15 is 0 Å². The van der Waals surface area contributed by atoms with Crippen LogP contribution in [0.2, 0.25) is 5.15 Å². The lowest BCUT2D eigenvalue weighted by Gasteiger charge is -2.12. The molecule has 0 aromatic carbocycles. The fourth-order valence-corrected chi connectivity index (χ4v) is 3.12. The fourth-order valence-electron chi connectivity index (χ4n) is 1.81. The fraction of sp³-hybridized carbons (Fsp3) is 0.400. The summed E-state index contributed by atoms with van der Waals surface area (Å²) in [4.78, 5) is 8.21. The molecule has 0 saturated heterocycles. The van der Waals surface area contributed by atoms with Crippen molar-refractivity contribution in [3.8, 4) is 0 Å². The lowest BCUT2D eigenvalue weighted by molar-refractivity contribution is 0.268. The van der Waals surface area contributed by atoms with Crippen LogP contribution in [-0.4, -0.2) is 19.6 Å². The molecule has 6 heteroatoms. The van der Waals surface area contributed by atoms with Crippen LogP contribution in [0.3, 0.4) is 0 Å². The van der Waals surface area contributed by atoms with Crippen molar-refractivity contribution in [3.63, 3.8) is 0 Å². The number of halogens is 2. The van der Waals surface area contributed by atoms with Gasteiger partial charge in [0, 0.05) is 9.61 Å². The van der Waals surface area contributed by atoms with Gasteiger partial charge in [-0.2, -0.15) is 0 Å². The Kier molecular flexibility index (Phi) is 3.37. The first-order valence-corrected chi connectivity index (χ1v) is 6.33. The number of nitrogens with zero attached hydrogens (tertiary/aromatic N) is 3. The average molecular weight is 352 g/mol. The monoisotopic (exact) mass is 351 g/mol. The first-order valence-electron chi connectivity index (χ1n) is 4.87. The summed E-state index contributed by atoms with van der Waals surface area (Å²) in [5.41, 5.74) is 1.62. The predicted octanol–water partition coefficient (Wildman–Crippen LogP) is 2.76. The molecule has 0 aliphatic heterocycles. The summed E-state index contributed by atoms with van der Waals surface area (Å²) in [7, 11) is 0. The molecular weight excluding hydrogens is 340 g/mol. The quantitative estimate of drug-likeness (QED) is 0.668. The van der Waals surface area contributed by atoms with E-state index < -0.39 is 0 Å². The van der Waals surface area contributed by atoms with E-state index in [1.165, 1.54) is 6.33 Å². The van der Waals surface area contributed by atoms with Crippen LogP contribution in [0, 0.1) is 3.57 Å². The van der Waals surface area contributed by atoms with Gasteiger partial charge in [0.15, 0.2) is 0 Å². The molecule has 0 aliphatic rings. The van der Waals surface area contributed by atoms with E-state index in [9.17, 15) is 5.11 Å². The summed E-state index contributed by atoms with van der Waals surface area (Å²) in [6, 6.07) is 0.221. The summed E-state index contributed by atoms with van der Waals surface area (Å²) < 4.78 is 2.92. The lowest BCUT2D eigenvalue weighted by atomic mass is 10.3. The summed E-state index contributed by atoms with van der Waals surface area (Å²) in [5, 5.41) is 10.7. The van der Waals surface area contributed by atoms with Crippen LogP contribution in [0.15, 0.2) is 6.33 Å². The van der Waals surface area contributed by atoms with Crippen LogP contribution in [0.5, 0.6) is 0 Å². The zero-order valence-corrected chi connectivity index (χ0v) is 11.8. The summed E-state index contributed by atoms with van der Waals surface area (Å²) >= 11 is 8.23. The van der Waals surface area contributed by atoms with Crippen molar-refractivity contribution in [1.29, 1.82) is 0 Å². The van der Waals surface area contributed by atoms with Gasteiger partial charge < -0.3 is 9.67 Å². The molecule has 86 valence electrons. The van der Waals surface area contributed by atoms with E-state index in [0.29, 0.717) is 5.15 Å². The van der Waals surface area contributed by atoms with E-state index in [4.69, 9.17) is 11.6 Å². The van der Waals surface area contributed by atoms with Gasteiger partial charge in [-0.25, -0.2) is 9.97 Å². The molecule has 16 heavy (non-hydrogen) atoms. The third kappa shape index (κ3) is 1.70. The van der Waals surface area contributed by atoms with Crippen molar-refractivity contribution in [1.82, 2.24) is 14.5 Å². The molecule has 0 radical (unpaired) electrons. The second-order valence-electron chi connectivity index (χ2n) is 3.75. The van der Waals surface area contributed by atoms with E-state index in [0.717, 1.165) is 20.3 Å². The van der Waals surface area contributed by atoms with Gasteiger partial charge in [-0.05, 0) is 36.4 Å². The van der Waals surface area contributed by atoms with Crippen molar-refractivity contribution in [2.75, 3.05) is 0 Å². The Bertz CT molecular complexity index is 538. The highest BCUT2D eigenvalue weighted by atomic mass is 127. The highest BCUT2D eigenvalue weighted by Crippen LogP contribution is 2.32. The minimum absolute atomic E-state index is 0.0247. The SMILES string of the molecule is CC(C)n1c(CO)c(I)c2c(Cl)ncnc21. The van der Waals surface area contributed by atoms with E-state index in [2.05, 4.69) is 32.6 Å². The van der Waals surface area contributed by atoms with Gasteiger partial charge in [0.2, 0.25) is 0 Å². The number of hydrogen-bond donors (Lipinski definition) is 1. The normalized spacial score (nSPS) is 11.6. The molecule has 0 amide bonds. The van der Waals surface area contributed by atoms with Crippen LogP contribution >= 0.6 is 34.2 Å². The first kappa shape index (κ1) is 12.1. The number of aliphatic hydroxyl groups is 1. The van der Waals surface area contributed by atoms with Gasteiger partial charge in [0.25, 0.3) is 0 Å². The van der Waals surface area contributed by atoms with Crippen molar-refractivity contribution in [2.45, 2.75) is 26.5 Å². The third-order valence-electron chi connectivity index (χ3n) is 2.44. The van der Waals surface area contributed by atoms with Gasteiger partial charge in [-0.3, -0.25) is 0 Å². The lowest BCUT2D eigenvalue weighted by Crippen LogP contribution is -2.06. The van der Waals surface area contributed by atoms with Crippen molar-refractivity contribution in [2.24, 2.45) is 0 Å². The minimum Gasteiger partial charge on any atom is -0.390 e. The second kappa shape index (κ2) is 4.46. The predicted molar refractivity (Wildman–Crippen MR) is 71.6 cm³/mol. The Morgan fingerprint density at radius 1 is 1.50 bits per heavy atom. The molecule has 0 spiro atoms. The molecule has 2 heterocycles. The third-order valence-corrected chi connectivity index (χ3v) is 3.89. The molecular formula is C10H11ClIN3O. The molecule has 0 fully saturated rings. The highest BCUT2D eigenvalue weighted by Gasteiger charge is 2.19. The standard InChI is InChI=1S/C10H11ClIN3O/c1-5(2)15-6(3-16)8(12)7-9(11)13-4-14-10(7)15/h4-5,16H,3H2,1-2H3. The molecule has 4 nitrogen and oxygen atoms in total. The van der Waals surface area contributed by atoms with Crippen LogP contribution in [0.25, 0.3) is 11.0 Å². The number of fused-ring (bicyclic) bond motifs is 1. The Labute approximate surface area is 112 Å². The Morgan fingerprint density at radius 3 is 2.75 bits per heavy atom. The highest BCUT2D eigenvalue weighted by molar-refractivity contribution is 14.1. The van der Waals surface area contributed by atoms with Crippen molar-refractivity contribution >= 4 is 45.2 Å². The maximum Gasteiger partial charge on any atom is 0.146 e. The van der Waals surface area contributed by atoms with Gasteiger partial charge in [-0.15, -0.1) is 0 Å². The van der Waals surface area contributed by atoms with Crippen molar-refractivity contribution in [3.05, 3.63) is 20.7 Å². The second-order valence-corrected chi connectivity index (χ2v) is 5.18. The van der Waals surface area contributed by atoms with Crippen LogP contribution in [0.4, 0.5) is 0 Å².